The minimum Gasteiger partial charge on any atom is -0.314 e. The molecule has 0 saturated carbocycles. The van der Waals surface area contributed by atoms with Crippen molar-refractivity contribution < 1.29 is 0 Å². The number of benzene rings is 2. The van der Waals surface area contributed by atoms with Crippen LogP contribution in [-0.2, 0) is 6.54 Å². The Hall–Kier alpha value is -2.30. The third kappa shape index (κ3) is 3.09. The van der Waals surface area contributed by atoms with Crippen molar-refractivity contribution in [2.45, 2.75) is 6.54 Å². The summed E-state index contributed by atoms with van der Waals surface area (Å²) in [6.07, 6.45) is 1.87. The lowest BCUT2D eigenvalue weighted by Crippen LogP contribution is -2.42. The third-order valence-corrected chi connectivity index (χ3v) is 4.40. The topological polar surface area (TPSA) is 41.1 Å². The summed E-state index contributed by atoms with van der Waals surface area (Å²) in [6.45, 7) is 5.37. The van der Waals surface area contributed by atoms with Crippen LogP contribution >= 0.6 is 0 Å². The van der Waals surface area contributed by atoms with E-state index in [-0.39, 0.29) is 0 Å². The third-order valence-electron chi connectivity index (χ3n) is 4.40. The molecule has 0 aliphatic carbocycles. The lowest BCUT2D eigenvalue weighted by Gasteiger charge is -2.27. The van der Waals surface area contributed by atoms with Crippen molar-refractivity contribution in [3.8, 4) is 11.1 Å². The molecule has 3 aromatic rings. The first-order valence-electron chi connectivity index (χ1n) is 8.13. The molecule has 4 nitrogen and oxygen atoms in total. The SMILES string of the molecule is c1ccc(-c2cnnc3ccc(CN4CCNCC4)cc23)cc1. The van der Waals surface area contributed by atoms with Crippen molar-refractivity contribution in [3.05, 3.63) is 60.3 Å². The zero-order valence-electron chi connectivity index (χ0n) is 13.1. The number of nitrogens with zero attached hydrogens (tertiary/aromatic N) is 3. The van der Waals surface area contributed by atoms with Crippen LogP contribution in [0.1, 0.15) is 5.56 Å². The smallest absolute Gasteiger partial charge is 0.0936 e. The maximum atomic E-state index is 4.28. The molecule has 0 radical (unpaired) electrons. The second-order valence-corrected chi connectivity index (χ2v) is 6.00. The normalized spacial score (nSPS) is 15.8. The molecule has 4 rings (SSSR count). The van der Waals surface area contributed by atoms with Gasteiger partial charge in [0.05, 0.1) is 11.7 Å². The molecule has 0 bridgehead atoms. The molecule has 23 heavy (non-hydrogen) atoms. The summed E-state index contributed by atoms with van der Waals surface area (Å²) in [5.74, 6) is 0. The molecule has 2 aromatic carbocycles. The van der Waals surface area contributed by atoms with Crippen LogP contribution in [0.2, 0.25) is 0 Å². The van der Waals surface area contributed by atoms with Gasteiger partial charge in [-0.05, 0) is 23.3 Å². The quantitative estimate of drug-likeness (QED) is 0.808. The van der Waals surface area contributed by atoms with Gasteiger partial charge in [0.1, 0.15) is 0 Å². The van der Waals surface area contributed by atoms with Gasteiger partial charge in [-0.2, -0.15) is 10.2 Å². The Morgan fingerprint density at radius 1 is 1.00 bits per heavy atom. The van der Waals surface area contributed by atoms with Gasteiger partial charge in [0.15, 0.2) is 0 Å². The number of nitrogens with one attached hydrogen (secondary N) is 1. The van der Waals surface area contributed by atoms with Gasteiger partial charge in [-0.15, -0.1) is 0 Å². The highest BCUT2D eigenvalue weighted by molar-refractivity contribution is 5.94. The minimum absolute atomic E-state index is 0.954. The molecule has 0 unspecified atom stereocenters. The molecule has 1 fully saturated rings. The summed E-state index contributed by atoms with van der Waals surface area (Å²) >= 11 is 0. The molecule has 0 amide bonds. The summed E-state index contributed by atoms with van der Waals surface area (Å²) in [7, 11) is 0. The molecule has 1 saturated heterocycles. The number of fused-ring (bicyclic) bond motifs is 1. The molecular formula is C19H20N4. The highest BCUT2D eigenvalue weighted by Crippen LogP contribution is 2.27. The average Bonchev–Trinajstić information content (AvgIpc) is 2.63. The largest absolute Gasteiger partial charge is 0.314 e. The van der Waals surface area contributed by atoms with E-state index in [4.69, 9.17) is 0 Å². The van der Waals surface area contributed by atoms with Crippen molar-refractivity contribution in [2.75, 3.05) is 26.2 Å². The lowest BCUT2D eigenvalue weighted by atomic mass is 10.0. The molecule has 0 atom stereocenters. The van der Waals surface area contributed by atoms with Crippen LogP contribution in [0, 0.1) is 0 Å². The van der Waals surface area contributed by atoms with Gasteiger partial charge in [0.25, 0.3) is 0 Å². The molecule has 1 aromatic heterocycles. The number of hydrogen-bond acceptors (Lipinski definition) is 4. The summed E-state index contributed by atoms with van der Waals surface area (Å²) in [5, 5.41) is 13.0. The molecule has 116 valence electrons. The Labute approximate surface area is 136 Å². The highest BCUT2D eigenvalue weighted by atomic mass is 15.2. The first-order valence-corrected chi connectivity index (χ1v) is 8.13. The molecule has 0 spiro atoms. The predicted octanol–water partition coefficient (Wildman–Crippen LogP) is 2.70. The fraction of sp³-hybridized carbons (Fsp3) is 0.263. The van der Waals surface area contributed by atoms with Crippen LogP contribution in [0.3, 0.4) is 0 Å². The Bertz CT molecular complexity index is 795. The second kappa shape index (κ2) is 6.44. The molecule has 1 N–H and O–H groups in total. The van der Waals surface area contributed by atoms with E-state index >= 15 is 0 Å². The maximum absolute atomic E-state index is 4.28. The van der Waals surface area contributed by atoms with Crippen molar-refractivity contribution in [1.82, 2.24) is 20.4 Å². The molecule has 4 heteroatoms. The lowest BCUT2D eigenvalue weighted by molar-refractivity contribution is 0.233. The van der Waals surface area contributed by atoms with Gasteiger partial charge in [-0.25, -0.2) is 0 Å². The van der Waals surface area contributed by atoms with Crippen LogP contribution in [0.4, 0.5) is 0 Å². The van der Waals surface area contributed by atoms with Crippen molar-refractivity contribution in [3.63, 3.8) is 0 Å². The standard InChI is InChI=1S/C19H20N4/c1-2-4-16(5-3-1)18-13-21-22-19-7-6-15(12-17(18)19)14-23-10-8-20-9-11-23/h1-7,12-13,20H,8-11,14H2. The van der Waals surface area contributed by atoms with Gasteiger partial charge in [-0.1, -0.05) is 36.4 Å². The Kier molecular flexibility index (Phi) is 4.01. The molecular weight excluding hydrogens is 284 g/mol. The fourth-order valence-electron chi connectivity index (χ4n) is 3.18. The van der Waals surface area contributed by atoms with Crippen LogP contribution in [0.25, 0.3) is 22.0 Å². The van der Waals surface area contributed by atoms with E-state index in [0.717, 1.165) is 43.8 Å². The Morgan fingerprint density at radius 2 is 1.83 bits per heavy atom. The van der Waals surface area contributed by atoms with E-state index in [1.807, 2.05) is 12.3 Å². The Morgan fingerprint density at radius 3 is 2.65 bits per heavy atom. The summed E-state index contributed by atoms with van der Waals surface area (Å²) in [4.78, 5) is 2.49. The number of rotatable bonds is 3. The zero-order valence-corrected chi connectivity index (χ0v) is 13.1. The second-order valence-electron chi connectivity index (χ2n) is 6.00. The highest BCUT2D eigenvalue weighted by Gasteiger charge is 2.11. The number of piperazine rings is 1. The van der Waals surface area contributed by atoms with Crippen LogP contribution in [0.5, 0.6) is 0 Å². The van der Waals surface area contributed by atoms with Crippen molar-refractivity contribution in [1.29, 1.82) is 0 Å². The predicted molar refractivity (Wildman–Crippen MR) is 93.1 cm³/mol. The van der Waals surface area contributed by atoms with Gasteiger partial charge in [0, 0.05) is 43.7 Å². The fourth-order valence-corrected chi connectivity index (χ4v) is 3.18. The van der Waals surface area contributed by atoms with Gasteiger partial charge < -0.3 is 5.32 Å². The van der Waals surface area contributed by atoms with E-state index in [1.54, 1.807) is 0 Å². The molecule has 1 aliphatic rings. The van der Waals surface area contributed by atoms with E-state index in [2.05, 4.69) is 62.9 Å². The number of aromatic nitrogens is 2. The zero-order chi connectivity index (χ0) is 15.5. The number of hydrogen-bond donors (Lipinski definition) is 1. The minimum atomic E-state index is 0.954. The summed E-state index contributed by atoms with van der Waals surface area (Å²) in [6, 6.07) is 16.9. The van der Waals surface area contributed by atoms with Gasteiger partial charge in [-0.3, -0.25) is 4.90 Å². The first-order chi connectivity index (χ1) is 11.4. The van der Waals surface area contributed by atoms with Crippen LogP contribution in [0.15, 0.2) is 54.7 Å². The van der Waals surface area contributed by atoms with Crippen molar-refractivity contribution >= 4 is 10.9 Å². The van der Waals surface area contributed by atoms with Crippen LogP contribution < -0.4 is 5.32 Å². The maximum Gasteiger partial charge on any atom is 0.0936 e. The van der Waals surface area contributed by atoms with Crippen molar-refractivity contribution in [2.24, 2.45) is 0 Å². The van der Waals surface area contributed by atoms with E-state index in [1.165, 1.54) is 16.5 Å². The van der Waals surface area contributed by atoms with E-state index in [9.17, 15) is 0 Å². The van der Waals surface area contributed by atoms with Gasteiger partial charge in [0.2, 0.25) is 0 Å². The monoisotopic (exact) mass is 304 g/mol. The summed E-state index contributed by atoms with van der Waals surface area (Å²) in [5.41, 5.74) is 4.63. The van der Waals surface area contributed by atoms with Gasteiger partial charge >= 0.3 is 0 Å². The first kappa shape index (κ1) is 14.3. The van der Waals surface area contributed by atoms with Crippen LogP contribution in [-0.4, -0.2) is 41.3 Å². The van der Waals surface area contributed by atoms with E-state index in [0.29, 0.717) is 0 Å². The summed E-state index contributed by atoms with van der Waals surface area (Å²) < 4.78 is 0. The molecule has 2 heterocycles. The Balaban J connectivity index is 1.72. The average molecular weight is 304 g/mol. The molecule has 1 aliphatic heterocycles. The van der Waals surface area contributed by atoms with E-state index < -0.39 is 0 Å².